The third-order valence-corrected chi connectivity index (χ3v) is 4.64. The molecule has 0 aliphatic heterocycles. The molecule has 5 heteroatoms. The minimum atomic E-state index is -1.03. The lowest BCUT2D eigenvalue weighted by molar-refractivity contribution is 0.684. The highest BCUT2D eigenvalue weighted by Crippen LogP contribution is 2.17. The van der Waals surface area contributed by atoms with Gasteiger partial charge in [-0.15, -0.1) is 11.3 Å². The Labute approximate surface area is 99.8 Å². The number of nitriles is 1. The second-order valence-corrected chi connectivity index (χ2v) is 5.71. The van der Waals surface area contributed by atoms with Crippen molar-refractivity contribution < 1.29 is 4.21 Å². The average Bonchev–Trinajstić information content (AvgIpc) is 2.83. The molecule has 0 amide bonds. The second kappa shape index (κ2) is 5.01. The zero-order valence-electron chi connectivity index (χ0n) is 8.29. The normalized spacial score (nSPS) is 11.9. The number of nitrogens with zero attached hydrogens (tertiary/aromatic N) is 2. The van der Waals surface area contributed by atoms with Crippen molar-refractivity contribution in [2.75, 3.05) is 0 Å². The summed E-state index contributed by atoms with van der Waals surface area (Å²) in [5, 5.41) is 10.6. The van der Waals surface area contributed by atoms with E-state index in [1.165, 1.54) is 11.3 Å². The summed E-state index contributed by atoms with van der Waals surface area (Å²) in [6.45, 7) is 0. The summed E-state index contributed by atoms with van der Waals surface area (Å²) >= 11 is 1.48. The topological polar surface area (TPSA) is 53.8 Å². The van der Waals surface area contributed by atoms with Crippen LogP contribution in [-0.4, -0.2) is 9.19 Å². The van der Waals surface area contributed by atoms with E-state index in [0.717, 1.165) is 9.77 Å². The first-order valence-corrected chi connectivity index (χ1v) is 6.76. The lowest BCUT2D eigenvalue weighted by atomic mass is 10.2. The van der Waals surface area contributed by atoms with E-state index in [1.54, 1.807) is 18.3 Å². The maximum Gasteiger partial charge on any atom is 0.140 e. The Kier molecular flexibility index (Phi) is 3.44. The van der Waals surface area contributed by atoms with Crippen molar-refractivity contribution in [3.63, 3.8) is 0 Å². The van der Waals surface area contributed by atoms with E-state index in [0.29, 0.717) is 11.4 Å². The monoisotopic (exact) mass is 248 g/mol. The van der Waals surface area contributed by atoms with Crippen LogP contribution in [0.4, 0.5) is 0 Å². The van der Waals surface area contributed by atoms with Gasteiger partial charge in [0.1, 0.15) is 11.8 Å². The zero-order chi connectivity index (χ0) is 11.4. The van der Waals surface area contributed by atoms with Crippen LogP contribution < -0.4 is 0 Å². The molecule has 2 heterocycles. The molecule has 1 atom stereocenters. The fourth-order valence-electron chi connectivity index (χ4n) is 1.24. The van der Waals surface area contributed by atoms with E-state index >= 15 is 0 Å². The lowest BCUT2D eigenvalue weighted by Gasteiger charge is -1.99. The minimum absolute atomic E-state index is 0.362. The van der Waals surface area contributed by atoms with Gasteiger partial charge in [-0.3, -0.25) is 4.21 Å². The molecule has 1 unspecified atom stereocenters. The summed E-state index contributed by atoms with van der Waals surface area (Å²) in [6, 6.07) is 9.16. The maximum absolute atomic E-state index is 11.9. The van der Waals surface area contributed by atoms with Gasteiger partial charge in [0.05, 0.1) is 20.8 Å². The van der Waals surface area contributed by atoms with Crippen LogP contribution in [0, 0.1) is 11.3 Å². The number of hydrogen-bond donors (Lipinski definition) is 0. The Morgan fingerprint density at radius 1 is 1.50 bits per heavy atom. The first kappa shape index (κ1) is 11.0. The first-order chi connectivity index (χ1) is 7.79. The molecule has 0 spiro atoms. The molecule has 16 heavy (non-hydrogen) atoms. The van der Waals surface area contributed by atoms with Crippen LogP contribution in [0.2, 0.25) is 0 Å². The fourth-order valence-corrected chi connectivity index (χ4v) is 3.32. The van der Waals surface area contributed by atoms with Crippen molar-refractivity contribution in [3.05, 3.63) is 47.1 Å². The highest BCUT2D eigenvalue weighted by atomic mass is 32.2. The van der Waals surface area contributed by atoms with Gasteiger partial charge in [0.15, 0.2) is 0 Å². The standard InChI is InChI=1S/C11H8N2OS2/c12-7-10-6-9(3-4-13-10)8-16(14)11-2-1-5-15-11/h1-6H,8H2. The van der Waals surface area contributed by atoms with Crippen molar-refractivity contribution in [2.45, 2.75) is 9.96 Å². The molecule has 0 aliphatic rings. The summed E-state index contributed by atoms with van der Waals surface area (Å²) in [6.07, 6.45) is 1.57. The van der Waals surface area contributed by atoms with E-state index < -0.39 is 10.8 Å². The number of hydrogen-bond acceptors (Lipinski definition) is 4. The first-order valence-electron chi connectivity index (χ1n) is 4.56. The lowest BCUT2D eigenvalue weighted by Crippen LogP contribution is -1.95. The van der Waals surface area contributed by atoms with Gasteiger partial charge < -0.3 is 0 Å². The molecule has 0 fully saturated rings. The maximum atomic E-state index is 11.9. The molecule has 2 aromatic heterocycles. The summed E-state index contributed by atoms with van der Waals surface area (Å²) < 4.78 is 12.7. The molecule has 0 N–H and O–H groups in total. The molecule has 0 radical (unpaired) electrons. The second-order valence-electron chi connectivity index (χ2n) is 3.08. The highest BCUT2D eigenvalue weighted by molar-refractivity contribution is 7.86. The Morgan fingerprint density at radius 2 is 2.38 bits per heavy atom. The van der Waals surface area contributed by atoms with Crippen molar-refractivity contribution >= 4 is 22.1 Å². The molecule has 2 rings (SSSR count). The molecule has 0 aromatic carbocycles. The fraction of sp³-hybridized carbons (Fsp3) is 0.0909. The Balaban J connectivity index is 2.16. The third kappa shape index (κ3) is 2.54. The van der Waals surface area contributed by atoms with Crippen LogP contribution in [-0.2, 0) is 16.6 Å². The van der Waals surface area contributed by atoms with Gasteiger partial charge in [0.2, 0.25) is 0 Å². The van der Waals surface area contributed by atoms with Gasteiger partial charge in [0, 0.05) is 6.20 Å². The molecule has 3 nitrogen and oxygen atoms in total. The largest absolute Gasteiger partial charge is 0.253 e. The molecule has 80 valence electrons. The molecule has 0 aliphatic carbocycles. The smallest absolute Gasteiger partial charge is 0.140 e. The SMILES string of the molecule is N#Cc1cc(CS(=O)c2cccs2)ccn1. The highest BCUT2D eigenvalue weighted by Gasteiger charge is 2.06. The van der Waals surface area contributed by atoms with Gasteiger partial charge in [-0.1, -0.05) is 6.07 Å². The van der Waals surface area contributed by atoms with Crippen molar-refractivity contribution in [1.29, 1.82) is 5.26 Å². The predicted molar refractivity (Wildman–Crippen MR) is 63.4 cm³/mol. The van der Waals surface area contributed by atoms with E-state index in [9.17, 15) is 4.21 Å². The van der Waals surface area contributed by atoms with E-state index in [2.05, 4.69) is 4.98 Å². The van der Waals surface area contributed by atoms with E-state index in [1.807, 2.05) is 23.6 Å². The quantitative estimate of drug-likeness (QED) is 0.837. The Morgan fingerprint density at radius 3 is 3.06 bits per heavy atom. The van der Waals surface area contributed by atoms with Crippen LogP contribution in [0.1, 0.15) is 11.3 Å². The number of aromatic nitrogens is 1. The summed E-state index contributed by atoms with van der Waals surface area (Å²) in [5.41, 5.74) is 1.24. The van der Waals surface area contributed by atoms with Gasteiger partial charge in [0.25, 0.3) is 0 Å². The summed E-state index contributed by atoms with van der Waals surface area (Å²) in [5.74, 6) is 0.428. The molecular formula is C11H8N2OS2. The average molecular weight is 248 g/mol. The van der Waals surface area contributed by atoms with Gasteiger partial charge in [-0.25, -0.2) is 4.98 Å². The summed E-state index contributed by atoms with van der Waals surface area (Å²) in [4.78, 5) is 3.87. The van der Waals surface area contributed by atoms with E-state index in [4.69, 9.17) is 5.26 Å². The number of thiophene rings is 1. The van der Waals surface area contributed by atoms with Crippen LogP contribution in [0.5, 0.6) is 0 Å². The van der Waals surface area contributed by atoms with Gasteiger partial charge >= 0.3 is 0 Å². The molecular weight excluding hydrogens is 240 g/mol. The van der Waals surface area contributed by atoms with Crippen molar-refractivity contribution in [3.8, 4) is 6.07 Å². The minimum Gasteiger partial charge on any atom is -0.253 e. The molecule has 2 aromatic rings. The third-order valence-electron chi connectivity index (χ3n) is 1.96. The number of pyridine rings is 1. The number of rotatable bonds is 3. The Hall–Kier alpha value is -1.51. The van der Waals surface area contributed by atoms with Crippen LogP contribution in [0.3, 0.4) is 0 Å². The van der Waals surface area contributed by atoms with E-state index in [-0.39, 0.29) is 0 Å². The van der Waals surface area contributed by atoms with Crippen LogP contribution in [0.25, 0.3) is 0 Å². The van der Waals surface area contributed by atoms with Crippen molar-refractivity contribution in [1.82, 2.24) is 4.98 Å². The van der Waals surface area contributed by atoms with Crippen LogP contribution in [0.15, 0.2) is 40.1 Å². The van der Waals surface area contributed by atoms with Crippen molar-refractivity contribution in [2.24, 2.45) is 0 Å². The zero-order valence-corrected chi connectivity index (χ0v) is 9.92. The molecule has 0 saturated heterocycles. The van der Waals surface area contributed by atoms with Gasteiger partial charge in [-0.2, -0.15) is 5.26 Å². The summed E-state index contributed by atoms with van der Waals surface area (Å²) in [7, 11) is -1.03. The Bertz CT molecular complexity index is 543. The molecule has 0 bridgehead atoms. The molecule has 0 saturated carbocycles. The predicted octanol–water partition coefficient (Wildman–Crippen LogP) is 2.32. The van der Waals surface area contributed by atoms with Crippen LogP contribution >= 0.6 is 11.3 Å². The van der Waals surface area contributed by atoms with Gasteiger partial charge in [-0.05, 0) is 29.1 Å².